The Morgan fingerprint density at radius 3 is 3.00 bits per heavy atom. The van der Waals surface area contributed by atoms with E-state index >= 15 is 0 Å². The van der Waals surface area contributed by atoms with Gasteiger partial charge >= 0.3 is 0 Å². The maximum absolute atomic E-state index is 13.0. The minimum atomic E-state index is -0.458. The van der Waals surface area contributed by atoms with Crippen LogP contribution in [0.2, 0.25) is 0 Å². The number of piperidine rings is 1. The molecule has 1 N–H and O–H groups in total. The van der Waals surface area contributed by atoms with Crippen LogP contribution in [0.3, 0.4) is 0 Å². The molecule has 0 bridgehead atoms. The molecule has 0 saturated carbocycles. The summed E-state index contributed by atoms with van der Waals surface area (Å²) in [6.07, 6.45) is 3.37. The minimum absolute atomic E-state index is 0.143. The largest absolute Gasteiger partial charge is 0.391 e. The highest BCUT2D eigenvalue weighted by atomic mass is 19.1. The summed E-state index contributed by atoms with van der Waals surface area (Å²) in [5, 5.41) is 9.75. The van der Waals surface area contributed by atoms with Crippen molar-refractivity contribution in [3.8, 4) is 0 Å². The SMILES string of the molecule is CC1CCN(C(=O)/C=C/c2cccc(F)c2)CC1O. The summed E-state index contributed by atoms with van der Waals surface area (Å²) in [5.74, 6) is -0.233. The first-order valence-electron chi connectivity index (χ1n) is 6.47. The number of aliphatic hydroxyl groups excluding tert-OH is 1. The fourth-order valence-corrected chi connectivity index (χ4v) is 2.13. The molecule has 102 valence electrons. The number of halogens is 1. The molecule has 3 nitrogen and oxygen atoms in total. The van der Waals surface area contributed by atoms with E-state index in [1.807, 2.05) is 6.92 Å². The average molecular weight is 263 g/mol. The van der Waals surface area contributed by atoms with Crippen LogP contribution in [0, 0.1) is 11.7 Å². The average Bonchev–Trinajstić information content (AvgIpc) is 2.39. The molecule has 1 saturated heterocycles. The zero-order valence-corrected chi connectivity index (χ0v) is 10.9. The van der Waals surface area contributed by atoms with Crippen molar-refractivity contribution in [2.24, 2.45) is 5.92 Å². The third kappa shape index (κ3) is 3.64. The third-order valence-corrected chi connectivity index (χ3v) is 3.50. The maximum atomic E-state index is 13.0. The summed E-state index contributed by atoms with van der Waals surface area (Å²) >= 11 is 0. The number of carbonyl (C=O) groups excluding carboxylic acids is 1. The zero-order valence-electron chi connectivity index (χ0n) is 10.9. The third-order valence-electron chi connectivity index (χ3n) is 3.50. The Labute approximate surface area is 112 Å². The second-order valence-corrected chi connectivity index (χ2v) is 5.01. The second kappa shape index (κ2) is 5.97. The number of amides is 1. The first kappa shape index (κ1) is 13.7. The van der Waals surface area contributed by atoms with Gasteiger partial charge in [-0.15, -0.1) is 0 Å². The molecule has 2 atom stereocenters. The highest BCUT2D eigenvalue weighted by Crippen LogP contribution is 2.17. The normalized spacial score (nSPS) is 23.8. The lowest BCUT2D eigenvalue weighted by Gasteiger charge is -2.33. The molecule has 1 aromatic rings. The first-order valence-corrected chi connectivity index (χ1v) is 6.47. The number of β-amino-alcohol motifs (C(OH)–C–C–N with tert-alkyl or cyclic N) is 1. The Kier molecular flexibility index (Phi) is 4.32. The monoisotopic (exact) mass is 263 g/mol. The molecule has 0 radical (unpaired) electrons. The number of nitrogens with zero attached hydrogens (tertiary/aromatic N) is 1. The van der Waals surface area contributed by atoms with Gasteiger partial charge in [0.2, 0.25) is 5.91 Å². The highest BCUT2D eigenvalue weighted by molar-refractivity contribution is 5.91. The van der Waals surface area contributed by atoms with Gasteiger partial charge in [-0.05, 0) is 36.1 Å². The molecule has 2 unspecified atom stereocenters. The van der Waals surface area contributed by atoms with E-state index in [4.69, 9.17) is 0 Å². The maximum Gasteiger partial charge on any atom is 0.246 e. The summed E-state index contributed by atoms with van der Waals surface area (Å²) in [5.41, 5.74) is 0.652. The van der Waals surface area contributed by atoms with Gasteiger partial charge in [-0.3, -0.25) is 4.79 Å². The van der Waals surface area contributed by atoms with Crippen molar-refractivity contribution in [1.82, 2.24) is 4.90 Å². The van der Waals surface area contributed by atoms with Crippen LogP contribution < -0.4 is 0 Å². The topological polar surface area (TPSA) is 40.5 Å². The predicted molar refractivity (Wildman–Crippen MR) is 71.8 cm³/mol. The van der Waals surface area contributed by atoms with Gasteiger partial charge in [-0.2, -0.15) is 0 Å². The van der Waals surface area contributed by atoms with Crippen LogP contribution in [0.15, 0.2) is 30.3 Å². The molecule has 2 rings (SSSR count). The van der Waals surface area contributed by atoms with Gasteiger partial charge in [0, 0.05) is 19.2 Å². The fraction of sp³-hybridized carbons (Fsp3) is 0.400. The Balaban J connectivity index is 1.97. The number of carbonyl (C=O) groups is 1. The summed E-state index contributed by atoms with van der Waals surface area (Å²) < 4.78 is 13.0. The summed E-state index contributed by atoms with van der Waals surface area (Å²) in [7, 11) is 0. The van der Waals surface area contributed by atoms with Crippen LogP contribution in [0.25, 0.3) is 6.08 Å². The smallest absolute Gasteiger partial charge is 0.246 e. The van der Waals surface area contributed by atoms with Crippen LogP contribution in [0.5, 0.6) is 0 Å². The lowest BCUT2D eigenvalue weighted by Crippen LogP contribution is -2.45. The Morgan fingerprint density at radius 1 is 1.53 bits per heavy atom. The second-order valence-electron chi connectivity index (χ2n) is 5.01. The number of benzene rings is 1. The first-order chi connectivity index (χ1) is 9.06. The van der Waals surface area contributed by atoms with Gasteiger partial charge in [-0.25, -0.2) is 4.39 Å². The van der Waals surface area contributed by atoms with Crippen molar-refractivity contribution in [2.45, 2.75) is 19.4 Å². The van der Waals surface area contributed by atoms with E-state index in [1.54, 1.807) is 23.1 Å². The molecule has 0 spiro atoms. The molecular weight excluding hydrogens is 245 g/mol. The van der Waals surface area contributed by atoms with E-state index in [0.717, 1.165) is 6.42 Å². The number of aliphatic hydroxyl groups is 1. The fourth-order valence-electron chi connectivity index (χ4n) is 2.13. The van der Waals surface area contributed by atoms with Crippen LogP contribution in [0.1, 0.15) is 18.9 Å². The van der Waals surface area contributed by atoms with Crippen molar-refractivity contribution >= 4 is 12.0 Å². The van der Waals surface area contributed by atoms with E-state index in [-0.39, 0.29) is 17.6 Å². The van der Waals surface area contributed by atoms with Gasteiger partial charge in [-0.1, -0.05) is 19.1 Å². The van der Waals surface area contributed by atoms with Gasteiger partial charge in [0.15, 0.2) is 0 Å². The van der Waals surface area contributed by atoms with Gasteiger partial charge < -0.3 is 10.0 Å². The number of hydrogen-bond donors (Lipinski definition) is 1. The molecule has 1 aromatic carbocycles. The van der Waals surface area contributed by atoms with E-state index in [0.29, 0.717) is 18.7 Å². The van der Waals surface area contributed by atoms with Crippen LogP contribution in [0.4, 0.5) is 4.39 Å². The van der Waals surface area contributed by atoms with Crippen LogP contribution >= 0.6 is 0 Å². The molecule has 1 aliphatic heterocycles. The Morgan fingerprint density at radius 2 is 2.32 bits per heavy atom. The van der Waals surface area contributed by atoms with E-state index in [2.05, 4.69) is 0 Å². The van der Waals surface area contributed by atoms with Gasteiger partial charge in [0.1, 0.15) is 5.82 Å². The van der Waals surface area contributed by atoms with Gasteiger partial charge in [0.05, 0.1) is 6.10 Å². The molecule has 19 heavy (non-hydrogen) atoms. The summed E-state index contributed by atoms with van der Waals surface area (Å²) in [4.78, 5) is 13.6. The molecule has 1 heterocycles. The van der Waals surface area contributed by atoms with Crippen LogP contribution in [-0.2, 0) is 4.79 Å². The molecule has 0 aliphatic carbocycles. The highest BCUT2D eigenvalue weighted by Gasteiger charge is 2.25. The van der Waals surface area contributed by atoms with Crippen molar-refractivity contribution in [3.05, 3.63) is 41.7 Å². The van der Waals surface area contributed by atoms with Gasteiger partial charge in [0.25, 0.3) is 0 Å². The molecule has 1 fully saturated rings. The lowest BCUT2D eigenvalue weighted by atomic mass is 9.96. The molecular formula is C15H18FNO2. The van der Waals surface area contributed by atoms with Crippen molar-refractivity contribution in [3.63, 3.8) is 0 Å². The molecule has 4 heteroatoms. The zero-order chi connectivity index (χ0) is 13.8. The molecule has 1 amide bonds. The lowest BCUT2D eigenvalue weighted by molar-refractivity contribution is -0.130. The van der Waals surface area contributed by atoms with E-state index in [9.17, 15) is 14.3 Å². The predicted octanol–water partition coefficient (Wildman–Crippen LogP) is 2.07. The number of hydrogen-bond acceptors (Lipinski definition) is 2. The minimum Gasteiger partial charge on any atom is -0.391 e. The quantitative estimate of drug-likeness (QED) is 0.830. The standard InChI is InChI=1S/C15H18FNO2/c1-11-7-8-17(10-14(11)18)15(19)6-5-12-3-2-4-13(16)9-12/h2-6,9,11,14,18H,7-8,10H2,1H3/b6-5+. The van der Waals surface area contributed by atoms with E-state index < -0.39 is 6.10 Å². The Bertz CT molecular complexity index is 487. The molecule has 0 aromatic heterocycles. The summed E-state index contributed by atoms with van der Waals surface area (Å²) in [6.45, 7) is 3.01. The number of rotatable bonds is 2. The van der Waals surface area contributed by atoms with Crippen LogP contribution in [-0.4, -0.2) is 35.1 Å². The van der Waals surface area contributed by atoms with Crippen molar-refractivity contribution in [2.75, 3.05) is 13.1 Å². The van der Waals surface area contributed by atoms with Crippen molar-refractivity contribution < 1.29 is 14.3 Å². The van der Waals surface area contributed by atoms with Crippen molar-refractivity contribution in [1.29, 1.82) is 0 Å². The van der Waals surface area contributed by atoms with E-state index in [1.165, 1.54) is 18.2 Å². The number of likely N-dealkylation sites (tertiary alicyclic amines) is 1. The molecule has 1 aliphatic rings. The Hall–Kier alpha value is -1.68. The summed E-state index contributed by atoms with van der Waals surface area (Å²) in [6, 6.07) is 6.07.